The van der Waals surface area contributed by atoms with Crippen LogP contribution >= 0.6 is 12.6 Å². The van der Waals surface area contributed by atoms with Gasteiger partial charge in [-0.25, -0.2) is 8.42 Å². The molecule has 28 heavy (non-hydrogen) atoms. The van der Waals surface area contributed by atoms with E-state index in [0.29, 0.717) is 31.1 Å². The number of hydrogen-bond acceptors (Lipinski definition) is 4. The van der Waals surface area contributed by atoms with Gasteiger partial charge in [0.2, 0.25) is 10.0 Å². The molecular weight excluding hydrogens is 390 g/mol. The van der Waals surface area contributed by atoms with Gasteiger partial charge in [0.15, 0.2) is 0 Å². The Kier molecular flexibility index (Phi) is 5.73. The Balaban J connectivity index is 1.52. The molecule has 4 nitrogen and oxygen atoms in total. The molecule has 0 bridgehead atoms. The zero-order valence-electron chi connectivity index (χ0n) is 15.4. The third-order valence-electron chi connectivity index (χ3n) is 5.09. The molecule has 146 valence electrons. The fourth-order valence-electron chi connectivity index (χ4n) is 3.66. The highest BCUT2D eigenvalue weighted by Crippen LogP contribution is 2.30. The zero-order valence-corrected chi connectivity index (χ0v) is 17.1. The van der Waals surface area contributed by atoms with Crippen LogP contribution in [0.5, 0.6) is 0 Å². The van der Waals surface area contributed by atoms with Crippen LogP contribution in [0.3, 0.4) is 0 Å². The summed E-state index contributed by atoms with van der Waals surface area (Å²) in [6, 6.07) is 22.8. The van der Waals surface area contributed by atoms with E-state index in [1.807, 2.05) is 60.7 Å². The SMILES string of the molecule is O=S(=O)(c1ccc2ccccc2c1)N1C[C@@H](S)C[C@@H]1COCc1ccccc1. The second-order valence-corrected chi connectivity index (χ2v) is 9.75. The second kappa shape index (κ2) is 8.25. The third kappa shape index (κ3) is 4.10. The minimum Gasteiger partial charge on any atom is -0.375 e. The molecule has 4 rings (SSSR count). The molecule has 1 fully saturated rings. The Morgan fingerprint density at radius 1 is 0.964 bits per heavy atom. The molecule has 1 heterocycles. The normalized spacial score (nSPS) is 20.6. The molecule has 0 spiro atoms. The summed E-state index contributed by atoms with van der Waals surface area (Å²) in [4.78, 5) is 0.321. The first-order valence-corrected chi connectivity index (χ1v) is 11.3. The van der Waals surface area contributed by atoms with Gasteiger partial charge in [-0.2, -0.15) is 16.9 Å². The molecule has 0 amide bonds. The Hall–Kier alpha value is -1.86. The van der Waals surface area contributed by atoms with Crippen LogP contribution in [0.2, 0.25) is 0 Å². The Labute approximate surface area is 171 Å². The molecule has 6 heteroatoms. The summed E-state index contributed by atoms with van der Waals surface area (Å²) in [5.74, 6) is 0. The molecule has 0 radical (unpaired) electrons. The van der Waals surface area contributed by atoms with E-state index in [1.165, 1.54) is 0 Å². The second-order valence-electron chi connectivity index (χ2n) is 7.13. The molecule has 0 saturated carbocycles. The lowest BCUT2D eigenvalue weighted by Crippen LogP contribution is -2.38. The van der Waals surface area contributed by atoms with E-state index in [0.717, 1.165) is 16.3 Å². The maximum Gasteiger partial charge on any atom is 0.243 e. The number of sulfonamides is 1. The van der Waals surface area contributed by atoms with Crippen molar-refractivity contribution in [2.24, 2.45) is 0 Å². The van der Waals surface area contributed by atoms with Crippen LogP contribution in [-0.2, 0) is 21.4 Å². The number of thiol groups is 1. The summed E-state index contributed by atoms with van der Waals surface area (Å²) >= 11 is 4.54. The van der Waals surface area contributed by atoms with Crippen molar-refractivity contribution in [3.8, 4) is 0 Å². The molecule has 2 atom stereocenters. The van der Waals surface area contributed by atoms with Gasteiger partial charge in [0.25, 0.3) is 0 Å². The number of fused-ring (bicyclic) bond motifs is 1. The lowest BCUT2D eigenvalue weighted by Gasteiger charge is -2.24. The number of hydrogen-bond donors (Lipinski definition) is 1. The number of ether oxygens (including phenoxy) is 1. The molecule has 1 aliphatic rings. The van der Waals surface area contributed by atoms with E-state index in [9.17, 15) is 8.42 Å². The molecule has 0 aromatic heterocycles. The quantitative estimate of drug-likeness (QED) is 0.619. The molecule has 0 N–H and O–H groups in total. The van der Waals surface area contributed by atoms with Gasteiger partial charge in [-0.1, -0.05) is 60.7 Å². The van der Waals surface area contributed by atoms with Crippen LogP contribution in [0.15, 0.2) is 77.7 Å². The average Bonchev–Trinajstić information content (AvgIpc) is 3.10. The van der Waals surface area contributed by atoms with Crippen molar-refractivity contribution >= 4 is 33.4 Å². The minimum atomic E-state index is -3.60. The smallest absolute Gasteiger partial charge is 0.243 e. The Morgan fingerprint density at radius 2 is 1.68 bits per heavy atom. The van der Waals surface area contributed by atoms with Crippen molar-refractivity contribution in [3.63, 3.8) is 0 Å². The van der Waals surface area contributed by atoms with Gasteiger partial charge in [0.1, 0.15) is 0 Å². The molecule has 3 aromatic rings. The van der Waals surface area contributed by atoms with Gasteiger partial charge in [0, 0.05) is 17.8 Å². The van der Waals surface area contributed by atoms with Crippen LogP contribution in [0.4, 0.5) is 0 Å². The van der Waals surface area contributed by atoms with E-state index in [1.54, 1.807) is 16.4 Å². The van der Waals surface area contributed by atoms with Gasteiger partial charge in [-0.3, -0.25) is 0 Å². The van der Waals surface area contributed by atoms with Crippen molar-refractivity contribution in [1.29, 1.82) is 0 Å². The van der Waals surface area contributed by atoms with Crippen LogP contribution in [0.25, 0.3) is 10.8 Å². The average molecular weight is 414 g/mol. The summed E-state index contributed by atoms with van der Waals surface area (Å²) < 4.78 is 34.0. The molecule has 0 unspecified atom stereocenters. The van der Waals surface area contributed by atoms with Gasteiger partial charge < -0.3 is 4.74 Å². The lowest BCUT2D eigenvalue weighted by atomic mass is 10.1. The summed E-state index contributed by atoms with van der Waals surface area (Å²) in [5.41, 5.74) is 1.08. The van der Waals surface area contributed by atoms with Crippen molar-refractivity contribution < 1.29 is 13.2 Å². The number of benzene rings is 3. The van der Waals surface area contributed by atoms with E-state index < -0.39 is 10.0 Å². The summed E-state index contributed by atoms with van der Waals surface area (Å²) in [6.07, 6.45) is 0.685. The van der Waals surface area contributed by atoms with Crippen molar-refractivity contribution in [1.82, 2.24) is 4.31 Å². The zero-order chi connectivity index (χ0) is 19.6. The maximum atomic E-state index is 13.3. The predicted octanol–water partition coefficient (Wildman–Crippen LogP) is 4.12. The summed E-state index contributed by atoms with van der Waals surface area (Å²) in [6.45, 7) is 1.23. The largest absolute Gasteiger partial charge is 0.375 e. The lowest BCUT2D eigenvalue weighted by molar-refractivity contribution is 0.0873. The molecular formula is C22H23NO3S2. The Morgan fingerprint density at radius 3 is 2.46 bits per heavy atom. The Bertz CT molecular complexity index is 1050. The highest BCUT2D eigenvalue weighted by atomic mass is 32.2. The highest BCUT2D eigenvalue weighted by Gasteiger charge is 2.39. The molecule has 1 saturated heterocycles. The van der Waals surface area contributed by atoms with Gasteiger partial charge >= 0.3 is 0 Å². The number of nitrogens with zero attached hydrogens (tertiary/aromatic N) is 1. The van der Waals surface area contributed by atoms with Gasteiger partial charge in [0.05, 0.1) is 18.1 Å². The summed E-state index contributed by atoms with van der Waals surface area (Å²) in [5, 5.41) is 1.96. The van der Waals surface area contributed by atoms with Crippen LogP contribution in [0, 0.1) is 0 Å². The van der Waals surface area contributed by atoms with Crippen molar-refractivity contribution in [2.45, 2.75) is 29.2 Å². The van der Waals surface area contributed by atoms with Crippen LogP contribution in [-0.4, -0.2) is 37.2 Å². The van der Waals surface area contributed by atoms with E-state index in [-0.39, 0.29) is 11.3 Å². The van der Waals surface area contributed by atoms with Gasteiger partial charge in [-0.05, 0) is 34.9 Å². The molecule has 1 aliphatic heterocycles. The van der Waals surface area contributed by atoms with Crippen LogP contribution < -0.4 is 0 Å². The van der Waals surface area contributed by atoms with Crippen molar-refractivity contribution in [3.05, 3.63) is 78.4 Å². The molecule has 0 aliphatic carbocycles. The van der Waals surface area contributed by atoms with Gasteiger partial charge in [-0.15, -0.1) is 0 Å². The predicted molar refractivity (Wildman–Crippen MR) is 115 cm³/mol. The first-order chi connectivity index (χ1) is 13.5. The summed E-state index contributed by atoms with van der Waals surface area (Å²) in [7, 11) is -3.60. The third-order valence-corrected chi connectivity index (χ3v) is 7.38. The topological polar surface area (TPSA) is 46.6 Å². The fraction of sp³-hybridized carbons (Fsp3) is 0.273. The van der Waals surface area contributed by atoms with E-state index >= 15 is 0 Å². The highest BCUT2D eigenvalue weighted by molar-refractivity contribution is 7.89. The minimum absolute atomic E-state index is 0.0144. The fourth-order valence-corrected chi connectivity index (χ4v) is 5.89. The maximum absolute atomic E-state index is 13.3. The van der Waals surface area contributed by atoms with Crippen LogP contribution in [0.1, 0.15) is 12.0 Å². The van der Waals surface area contributed by atoms with E-state index in [2.05, 4.69) is 12.6 Å². The first kappa shape index (κ1) is 19.5. The monoisotopic (exact) mass is 413 g/mol. The first-order valence-electron chi connectivity index (χ1n) is 9.34. The van der Waals surface area contributed by atoms with E-state index in [4.69, 9.17) is 4.74 Å². The standard InChI is InChI=1S/C22H23NO3S2/c24-28(25,22-11-10-18-8-4-5-9-19(18)12-22)23-14-21(27)13-20(23)16-26-15-17-6-2-1-3-7-17/h1-12,20-21,27H,13-16H2/t20-,21+/m1/s1. The molecule has 3 aromatic carbocycles. The number of rotatable bonds is 6. The van der Waals surface area contributed by atoms with Crippen molar-refractivity contribution in [2.75, 3.05) is 13.2 Å².